The van der Waals surface area contributed by atoms with Gasteiger partial charge >= 0.3 is 0 Å². The Morgan fingerprint density at radius 1 is 1.50 bits per heavy atom. The van der Waals surface area contributed by atoms with Gasteiger partial charge in [0, 0.05) is 19.2 Å². The summed E-state index contributed by atoms with van der Waals surface area (Å²) in [5.41, 5.74) is 0.972. The van der Waals surface area contributed by atoms with Crippen LogP contribution in [0.5, 0.6) is 0 Å². The van der Waals surface area contributed by atoms with E-state index in [0.717, 1.165) is 24.3 Å². The number of halogens is 1. The monoisotopic (exact) mass is 209 g/mol. The molecule has 0 saturated heterocycles. The number of rotatable bonds is 3. The first-order chi connectivity index (χ1) is 6.83. The largest absolute Gasteiger partial charge is 0.319 e. The SMILES string of the molecule is CNCCc1nc(Cl)c2ccccn12. The van der Waals surface area contributed by atoms with Crippen molar-refractivity contribution in [2.75, 3.05) is 13.6 Å². The highest BCUT2D eigenvalue weighted by atomic mass is 35.5. The maximum atomic E-state index is 6.00. The van der Waals surface area contributed by atoms with Crippen molar-refractivity contribution in [1.29, 1.82) is 0 Å². The fourth-order valence-electron chi connectivity index (χ4n) is 1.47. The Morgan fingerprint density at radius 2 is 2.36 bits per heavy atom. The van der Waals surface area contributed by atoms with Crippen LogP contribution in [-0.4, -0.2) is 23.0 Å². The lowest BCUT2D eigenvalue weighted by Gasteiger charge is -1.99. The first-order valence-electron chi connectivity index (χ1n) is 4.59. The number of fused-ring (bicyclic) bond motifs is 1. The molecule has 0 spiro atoms. The number of hydrogen-bond acceptors (Lipinski definition) is 2. The summed E-state index contributed by atoms with van der Waals surface area (Å²) in [6.07, 6.45) is 2.87. The summed E-state index contributed by atoms with van der Waals surface area (Å²) in [5, 5.41) is 3.67. The second kappa shape index (κ2) is 3.98. The van der Waals surface area contributed by atoms with Crippen LogP contribution in [-0.2, 0) is 6.42 Å². The van der Waals surface area contributed by atoms with Crippen LogP contribution in [0.3, 0.4) is 0 Å². The number of nitrogens with zero attached hydrogens (tertiary/aromatic N) is 2. The van der Waals surface area contributed by atoms with E-state index in [1.807, 2.05) is 35.8 Å². The van der Waals surface area contributed by atoms with Gasteiger partial charge in [-0.1, -0.05) is 17.7 Å². The Hall–Kier alpha value is -1.06. The maximum absolute atomic E-state index is 6.00. The van der Waals surface area contributed by atoms with Crippen molar-refractivity contribution in [3.8, 4) is 0 Å². The molecular formula is C10H12ClN3. The maximum Gasteiger partial charge on any atom is 0.155 e. The smallest absolute Gasteiger partial charge is 0.155 e. The van der Waals surface area contributed by atoms with E-state index >= 15 is 0 Å². The molecule has 2 rings (SSSR count). The highest BCUT2D eigenvalue weighted by Gasteiger charge is 2.06. The Balaban J connectivity index is 2.44. The van der Waals surface area contributed by atoms with Crippen LogP contribution < -0.4 is 5.32 Å². The topological polar surface area (TPSA) is 29.3 Å². The van der Waals surface area contributed by atoms with Gasteiger partial charge in [-0.2, -0.15) is 0 Å². The summed E-state index contributed by atoms with van der Waals surface area (Å²) in [4.78, 5) is 4.32. The first-order valence-corrected chi connectivity index (χ1v) is 4.97. The molecule has 0 amide bonds. The molecular weight excluding hydrogens is 198 g/mol. The van der Waals surface area contributed by atoms with Crippen molar-refractivity contribution in [3.63, 3.8) is 0 Å². The van der Waals surface area contributed by atoms with Crippen LogP contribution in [0.2, 0.25) is 5.15 Å². The number of pyridine rings is 1. The van der Waals surface area contributed by atoms with Gasteiger partial charge < -0.3 is 9.72 Å². The van der Waals surface area contributed by atoms with Crippen LogP contribution in [0.15, 0.2) is 24.4 Å². The molecule has 2 aromatic rings. The minimum Gasteiger partial charge on any atom is -0.319 e. The minimum atomic E-state index is 0.580. The zero-order valence-electron chi connectivity index (χ0n) is 8.00. The first kappa shape index (κ1) is 9.49. The lowest BCUT2D eigenvalue weighted by molar-refractivity contribution is 0.753. The molecule has 0 bridgehead atoms. The average Bonchev–Trinajstić information content (AvgIpc) is 2.54. The lowest BCUT2D eigenvalue weighted by atomic mass is 10.4. The van der Waals surface area contributed by atoms with Crippen LogP contribution in [0.1, 0.15) is 5.82 Å². The molecule has 0 aliphatic heterocycles. The summed E-state index contributed by atoms with van der Waals surface area (Å²) in [5.74, 6) is 1.000. The van der Waals surface area contributed by atoms with Gasteiger partial charge in [0.2, 0.25) is 0 Å². The van der Waals surface area contributed by atoms with Crippen LogP contribution in [0, 0.1) is 0 Å². The van der Waals surface area contributed by atoms with Crippen molar-refractivity contribution >= 4 is 17.1 Å². The van der Waals surface area contributed by atoms with E-state index in [9.17, 15) is 0 Å². The highest BCUT2D eigenvalue weighted by Crippen LogP contribution is 2.17. The summed E-state index contributed by atoms with van der Waals surface area (Å²) >= 11 is 6.00. The van der Waals surface area contributed by atoms with Crippen molar-refractivity contribution in [1.82, 2.24) is 14.7 Å². The fraction of sp³-hybridized carbons (Fsp3) is 0.300. The van der Waals surface area contributed by atoms with Crippen molar-refractivity contribution in [3.05, 3.63) is 35.4 Å². The zero-order chi connectivity index (χ0) is 9.97. The van der Waals surface area contributed by atoms with Gasteiger partial charge in [-0.15, -0.1) is 0 Å². The Labute approximate surface area is 87.7 Å². The molecule has 0 unspecified atom stereocenters. The van der Waals surface area contributed by atoms with Crippen molar-refractivity contribution < 1.29 is 0 Å². The number of imidazole rings is 1. The minimum absolute atomic E-state index is 0.580. The standard InChI is InChI=1S/C10H12ClN3/c1-12-6-5-9-13-10(11)8-4-2-3-7-14(8)9/h2-4,7,12H,5-6H2,1H3. The third kappa shape index (κ3) is 1.61. The number of aromatic nitrogens is 2. The third-order valence-electron chi connectivity index (χ3n) is 2.18. The van der Waals surface area contributed by atoms with E-state index in [1.165, 1.54) is 0 Å². The predicted molar refractivity (Wildman–Crippen MR) is 57.8 cm³/mol. The molecule has 2 aromatic heterocycles. The second-order valence-corrected chi connectivity index (χ2v) is 3.49. The molecule has 0 aliphatic rings. The summed E-state index contributed by atoms with van der Waals surface area (Å²) < 4.78 is 2.03. The number of hydrogen-bond donors (Lipinski definition) is 1. The van der Waals surface area contributed by atoms with Crippen molar-refractivity contribution in [2.24, 2.45) is 0 Å². The van der Waals surface area contributed by atoms with E-state index < -0.39 is 0 Å². The number of likely N-dealkylation sites (N-methyl/N-ethyl adjacent to an activating group) is 1. The van der Waals surface area contributed by atoms with E-state index in [4.69, 9.17) is 11.6 Å². The van der Waals surface area contributed by atoms with Gasteiger partial charge in [0.1, 0.15) is 5.82 Å². The molecule has 0 saturated carbocycles. The third-order valence-corrected chi connectivity index (χ3v) is 2.45. The predicted octanol–water partition coefficient (Wildman–Crippen LogP) is 1.75. The molecule has 3 nitrogen and oxygen atoms in total. The molecule has 0 atom stereocenters. The average molecular weight is 210 g/mol. The Kier molecular flexibility index (Phi) is 2.70. The summed E-state index contributed by atoms with van der Waals surface area (Å²) in [6, 6.07) is 5.91. The van der Waals surface area contributed by atoms with Gasteiger partial charge in [0.25, 0.3) is 0 Å². The second-order valence-electron chi connectivity index (χ2n) is 3.13. The van der Waals surface area contributed by atoms with Gasteiger partial charge in [0.05, 0.1) is 5.52 Å². The van der Waals surface area contributed by atoms with E-state index in [2.05, 4.69) is 10.3 Å². The van der Waals surface area contributed by atoms with Crippen LogP contribution in [0.25, 0.3) is 5.52 Å². The fourth-order valence-corrected chi connectivity index (χ4v) is 1.73. The normalized spacial score (nSPS) is 11.0. The molecule has 0 aromatic carbocycles. The van der Waals surface area contributed by atoms with Gasteiger partial charge in [0.15, 0.2) is 5.15 Å². The molecule has 0 aliphatic carbocycles. The number of nitrogens with one attached hydrogen (secondary N) is 1. The van der Waals surface area contributed by atoms with Crippen LogP contribution >= 0.6 is 11.6 Å². The van der Waals surface area contributed by atoms with E-state index in [0.29, 0.717) is 5.15 Å². The molecule has 4 heteroatoms. The zero-order valence-corrected chi connectivity index (χ0v) is 8.75. The van der Waals surface area contributed by atoms with E-state index in [1.54, 1.807) is 0 Å². The molecule has 14 heavy (non-hydrogen) atoms. The summed E-state index contributed by atoms with van der Waals surface area (Å²) in [6.45, 7) is 0.907. The van der Waals surface area contributed by atoms with Crippen LogP contribution in [0.4, 0.5) is 0 Å². The lowest BCUT2D eigenvalue weighted by Crippen LogP contribution is -2.12. The highest BCUT2D eigenvalue weighted by molar-refractivity contribution is 6.32. The molecule has 0 radical (unpaired) electrons. The Bertz CT molecular complexity index is 436. The van der Waals surface area contributed by atoms with E-state index in [-0.39, 0.29) is 0 Å². The quantitative estimate of drug-likeness (QED) is 0.835. The van der Waals surface area contributed by atoms with Gasteiger partial charge in [-0.25, -0.2) is 4.98 Å². The van der Waals surface area contributed by atoms with Gasteiger partial charge in [-0.3, -0.25) is 0 Å². The van der Waals surface area contributed by atoms with Gasteiger partial charge in [-0.05, 0) is 19.2 Å². The molecule has 1 N–H and O–H groups in total. The molecule has 0 fully saturated rings. The Morgan fingerprint density at radius 3 is 3.14 bits per heavy atom. The molecule has 74 valence electrons. The summed E-state index contributed by atoms with van der Waals surface area (Å²) in [7, 11) is 1.93. The van der Waals surface area contributed by atoms with Crippen molar-refractivity contribution in [2.45, 2.75) is 6.42 Å². The molecule has 2 heterocycles.